The first-order valence-electron chi connectivity index (χ1n) is 8.13. The molecule has 0 amide bonds. The van der Waals surface area contributed by atoms with Crippen molar-refractivity contribution < 1.29 is 4.42 Å². The van der Waals surface area contributed by atoms with Crippen molar-refractivity contribution in [2.75, 3.05) is 6.54 Å². The quantitative estimate of drug-likeness (QED) is 0.553. The number of aryl methyl sites for hydroxylation is 1. The summed E-state index contributed by atoms with van der Waals surface area (Å²) in [6.45, 7) is 7.64. The minimum atomic E-state index is 0.477. The smallest absolute Gasteiger partial charge is 0.108 e. The van der Waals surface area contributed by atoms with Gasteiger partial charge in [-0.2, -0.15) is 0 Å². The Morgan fingerprint density at radius 3 is 2.47 bits per heavy atom. The van der Waals surface area contributed by atoms with Crippen LogP contribution in [0.4, 0.5) is 0 Å². The Bertz CT molecular complexity index is 319. The van der Waals surface area contributed by atoms with Crippen molar-refractivity contribution in [2.45, 2.75) is 78.2 Å². The van der Waals surface area contributed by atoms with Gasteiger partial charge in [-0.15, -0.1) is 0 Å². The molecule has 0 spiro atoms. The molecule has 2 heteroatoms. The zero-order chi connectivity index (χ0) is 13.9. The minimum absolute atomic E-state index is 0.477. The van der Waals surface area contributed by atoms with Crippen LogP contribution in [0.25, 0.3) is 0 Å². The lowest BCUT2D eigenvalue weighted by atomic mass is 9.99. The van der Waals surface area contributed by atoms with Crippen molar-refractivity contribution in [3.05, 3.63) is 23.7 Å². The second-order valence-corrected chi connectivity index (χ2v) is 5.32. The summed E-state index contributed by atoms with van der Waals surface area (Å²) < 4.78 is 5.56. The molecule has 1 rings (SSSR count). The molecule has 2 nitrogen and oxygen atoms in total. The van der Waals surface area contributed by atoms with Crippen LogP contribution in [0.1, 0.15) is 83.1 Å². The molecule has 0 saturated carbocycles. The first-order valence-corrected chi connectivity index (χ1v) is 8.13. The summed E-state index contributed by atoms with van der Waals surface area (Å²) in [5.74, 6) is 1.15. The van der Waals surface area contributed by atoms with Crippen LogP contribution >= 0.6 is 0 Å². The number of furan rings is 1. The van der Waals surface area contributed by atoms with Gasteiger partial charge in [0, 0.05) is 18.0 Å². The molecular weight excluding hydrogens is 234 g/mol. The summed E-state index contributed by atoms with van der Waals surface area (Å²) in [5.41, 5.74) is 1.37. The normalized spacial score (nSPS) is 12.8. The summed E-state index contributed by atoms with van der Waals surface area (Å²) in [4.78, 5) is 0. The van der Waals surface area contributed by atoms with Gasteiger partial charge in [-0.3, -0.25) is 0 Å². The lowest BCUT2D eigenvalue weighted by Gasteiger charge is -2.17. The van der Waals surface area contributed by atoms with Crippen LogP contribution in [0, 0.1) is 0 Å². The number of hydrogen-bond acceptors (Lipinski definition) is 2. The molecule has 0 radical (unpaired) electrons. The van der Waals surface area contributed by atoms with Gasteiger partial charge in [-0.25, -0.2) is 0 Å². The van der Waals surface area contributed by atoms with E-state index in [9.17, 15) is 0 Å². The van der Waals surface area contributed by atoms with Gasteiger partial charge in [0.15, 0.2) is 0 Å². The van der Waals surface area contributed by atoms with Crippen molar-refractivity contribution in [1.29, 1.82) is 0 Å². The molecule has 0 saturated heterocycles. The van der Waals surface area contributed by atoms with Gasteiger partial charge < -0.3 is 9.73 Å². The molecule has 0 aliphatic rings. The Hall–Kier alpha value is -0.760. The molecule has 1 heterocycles. The molecule has 0 bridgehead atoms. The van der Waals surface area contributed by atoms with Crippen LogP contribution < -0.4 is 5.32 Å². The number of unbranched alkanes of at least 4 members (excludes halogenated alkanes) is 5. The van der Waals surface area contributed by atoms with Crippen LogP contribution in [0.15, 0.2) is 16.7 Å². The van der Waals surface area contributed by atoms with Gasteiger partial charge in [-0.05, 0) is 19.0 Å². The van der Waals surface area contributed by atoms with E-state index in [1.54, 1.807) is 0 Å². The largest absolute Gasteiger partial charge is 0.469 e. The maximum absolute atomic E-state index is 5.56. The molecule has 1 unspecified atom stereocenters. The molecule has 110 valence electrons. The fourth-order valence-corrected chi connectivity index (χ4v) is 2.69. The molecule has 0 aliphatic heterocycles. The molecule has 1 N–H and O–H groups in total. The molecule has 0 fully saturated rings. The highest BCUT2D eigenvalue weighted by Gasteiger charge is 2.15. The lowest BCUT2D eigenvalue weighted by molar-refractivity contribution is 0.455. The van der Waals surface area contributed by atoms with Crippen LogP contribution in [-0.2, 0) is 6.42 Å². The Labute approximate surface area is 119 Å². The van der Waals surface area contributed by atoms with Gasteiger partial charge >= 0.3 is 0 Å². The first kappa shape index (κ1) is 16.3. The number of nitrogens with one attached hydrogen (secondary N) is 1. The van der Waals surface area contributed by atoms with Gasteiger partial charge in [0.2, 0.25) is 0 Å². The lowest BCUT2D eigenvalue weighted by Crippen LogP contribution is -2.21. The van der Waals surface area contributed by atoms with Gasteiger partial charge in [-0.1, -0.05) is 59.3 Å². The molecule has 0 aromatic carbocycles. The Kier molecular flexibility index (Phi) is 8.64. The molecule has 19 heavy (non-hydrogen) atoms. The number of hydrogen-bond donors (Lipinski definition) is 1. The van der Waals surface area contributed by atoms with Gasteiger partial charge in [0.1, 0.15) is 5.76 Å². The van der Waals surface area contributed by atoms with Gasteiger partial charge in [0.05, 0.1) is 6.26 Å². The van der Waals surface area contributed by atoms with E-state index in [0.717, 1.165) is 18.7 Å². The van der Waals surface area contributed by atoms with Crippen LogP contribution in [-0.4, -0.2) is 6.54 Å². The average molecular weight is 265 g/mol. The third-order valence-electron chi connectivity index (χ3n) is 3.77. The van der Waals surface area contributed by atoms with E-state index in [2.05, 4.69) is 32.2 Å². The Balaban J connectivity index is 2.36. The summed E-state index contributed by atoms with van der Waals surface area (Å²) in [6, 6.07) is 2.62. The number of rotatable bonds is 11. The highest BCUT2D eigenvalue weighted by atomic mass is 16.3. The third-order valence-corrected chi connectivity index (χ3v) is 3.77. The highest BCUT2D eigenvalue weighted by molar-refractivity contribution is 5.21. The standard InChI is InChI=1S/C17H31NO/c1-4-7-8-9-10-11-12-16(18-6-3)15-13-14-19-17(15)5-2/h13-14,16,18H,4-12H2,1-3H3. The summed E-state index contributed by atoms with van der Waals surface area (Å²) in [6.07, 6.45) is 12.2. The molecule has 1 aromatic rings. The second-order valence-electron chi connectivity index (χ2n) is 5.32. The van der Waals surface area contributed by atoms with Crippen LogP contribution in [0.5, 0.6) is 0 Å². The van der Waals surface area contributed by atoms with Gasteiger partial charge in [0.25, 0.3) is 0 Å². The Morgan fingerprint density at radius 1 is 1.05 bits per heavy atom. The van der Waals surface area contributed by atoms with Crippen molar-refractivity contribution >= 4 is 0 Å². The molecule has 1 aromatic heterocycles. The van der Waals surface area contributed by atoms with E-state index in [1.165, 1.54) is 50.5 Å². The molecule has 0 aliphatic carbocycles. The second kappa shape index (κ2) is 10.1. The third kappa shape index (κ3) is 5.82. The maximum atomic E-state index is 5.56. The first-order chi connectivity index (χ1) is 9.33. The zero-order valence-corrected chi connectivity index (χ0v) is 13.0. The van der Waals surface area contributed by atoms with E-state index < -0.39 is 0 Å². The maximum Gasteiger partial charge on any atom is 0.108 e. The van der Waals surface area contributed by atoms with Crippen molar-refractivity contribution in [3.8, 4) is 0 Å². The SMILES string of the molecule is CCCCCCCCC(NCC)c1ccoc1CC. The average Bonchev–Trinajstić information content (AvgIpc) is 2.89. The predicted molar refractivity (Wildman–Crippen MR) is 82.5 cm³/mol. The van der Waals surface area contributed by atoms with E-state index in [-0.39, 0.29) is 0 Å². The predicted octanol–water partition coefficient (Wildman–Crippen LogP) is 5.24. The molecule has 1 atom stereocenters. The van der Waals surface area contributed by atoms with Crippen molar-refractivity contribution in [3.63, 3.8) is 0 Å². The summed E-state index contributed by atoms with van der Waals surface area (Å²) in [5, 5.41) is 3.60. The van der Waals surface area contributed by atoms with Crippen LogP contribution in [0.3, 0.4) is 0 Å². The highest BCUT2D eigenvalue weighted by Crippen LogP contribution is 2.25. The summed E-state index contributed by atoms with van der Waals surface area (Å²) >= 11 is 0. The zero-order valence-electron chi connectivity index (χ0n) is 13.0. The summed E-state index contributed by atoms with van der Waals surface area (Å²) in [7, 11) is 0. The van der Waals surface area contributed by atoms with Crippen molar-refractivity contribution in [2.24, 2.45) is 0 Å². The fraction of sp³-hybridized carbons (Fsp3) is 0.765. The Morgan fingerprint density at radius 2 is 1.79 bits per heavy atom. The fourth-order valence-electron chi connectivity index (χ4n) is 2.69. The van der Waals surface area contributed by atoms with E-state index in [1.807, 2.05) is 6.26 Å². The topological polar surface area (TPSA) is 25.2 Å². The molecular formula is C17H31NO. The monoisotopic (exact) mass is 265 g/mol. The van der Waals surface area contributed by atoms with Crippen molar-refractivity contribution in [1.82, 2.24) is 5.32 Å². The van der Waals surface area contributed by atoms with E-state index >= 15 is 0 Å². The van der Waals surface area contributed by atoms with Crippen LogP contribution in [0.2, 0.25) is 0 Å². The van der Waals surface area contributed by atoms with E-state index in [0.29, 0.717) is 6.04 Å². The minimum Gasteiger partial charge on any atom is -0.469 e. The van der Waals surface area contributed by atoms with E-state index in [4.69, 9.17) is 4.42 Å².